The first-order valence-electron chi connectivity index (χ1n) is 5.76. The standard InChI is InChI=1S/C13H16N4O/c1-8(6-12(15)18)16-13-5-2-9-7-10(14)3-4-11(9)17-13/h2-5,7-8H,6,14H2,1H3,(H2,15,18)(H,16,17). The molecule has 1 aromatic carbocycles. The SMILES string of the molecule is CC(CC(N)=O)Nc1ccc2cc(N)ccc2n1. The van der Waals surface area contributed by atoms with Crippen molar-refractivity contribution >= 4 is 28.3 Å². The highest BCUT2D eigenvalue weighted by Gasteiger charge is 2.06. The van der Waals surface area contributed by atoms with Gasteiger partial charge in [0.2, 0.25) is 5.91 Å². The first kappa shape index (κ1) is 12.2. The van der Waals surface area contributed by atoms with E-state index in [1.807, 2.05) is 37.3 Å². The van der Waals surface area contributed by atoms with Gasteiger partial charge in [0.15, 0.2) is 0 Å². The molecule has 1 amide bonds. The van der Waals surface area contributed by atoms with Gasteiger partial charge < -0.3 is 16.8 Å². The van der Waals surface area contributed by atoms with Crippen molar-refractivity contribution in [1.82, 2.24) is 4.98 Å². The quantitative estimate of drug-likeness (QED) is 0.710. The maximum Gasteiger partial charge on any atom is 0.219 e. The van der Waals surface area contributed by atoms with Gasteiger partial charge >= 0.3 is 0 Å². The van der Waals surface area contributed by atoms with E-state index >= 15 is 0 Å². The molecule has 0 aliphatic rings. The van der Waals surface area contributed by atoms with Gasteiger partial charge in [-0.05, 0) is 37.3 Å². The first-order valence-corrected chi connectivity index (χ1v) is 5.76. The van der Waals surface area contributed by atoms with Crippen LogP contribution in [-0.4, -0.2) is 16.9 Å². The minimum atomic E-state index is -0.330. The number of aromatic nitrogens is 1. The van der Waals surface area contributed by atoms with E-state index in [0.717, 1.165) is 16.7 Å². The number of fused-ring (bicyclic) bond motifs is 1. The summed E-state index contributed by atoms with van der Waals surface area (Å²) in [6.45, 7) is 1.89. The molecule has 1 aromatic heterocycles. The van der Waals surface area contributed by atoms with Gasteiger partial charge in [0.25, 0.3) is 0 Å². The Balaban J connectivity index is 2.20. The van der Waals surface area contributed by atoms with Gasteiger partial charge in [-0.1, -0.05) is 0 Å². The van der Waals surface area contributed by atoms with Crippen LogP contribution in [0.5, 0.6) is 0 Å². The fourth-order valence-electron chi connectivity index (χ4n) is 1.83. The number of primary amides is 1. The molecule has 2 rings (SSSR count). The van der Waals surface area contributed by atoms with E-state index in [1.54, 1.807) is 0 Å². The number of nitrogen functional groups attached to an aromatic ring is 1. The highest BCUT2D eigenvalue weighted by Crippen LogP contribution is 2.18. The Labute approximate surface area is 105 Å². The highest BCUT2D eigenvalue weighted by atomic mass is 16.1. The summed E-state index contributed by atoms with van der Waals surface area (Å²) in [7, 11) is 0. The Morgan fingerprint density at radius 2 is 2.17 bits per heavy atom. The number of anilines is 2. The molecule has 5 N–H and O–H groups in total. The summed E-state index contributed by atoms with van der Waals surface area (Å²) in [6, 6.07) is 9.32. The fourth-order valence-corrected chi connectivity index (χ4v) is 1.83. The van der Waals surface area contributed by atoms with E-state index < -0.39 is 0 Å². The van der Waals surface area contributed by atoms with Crippen molar-refractivity contribution in [3.63, 3.8) is 0 Å². The molecule has 18 heavy (non-hydrogen) atoms. The number of rotatable bonds is 4. The van der Waals surface area contributed by atoms with E-state index in [0.29, 0.717) is 5.69 Å². The predicted octanol–water partition coefficient (Wildman–Crippen LogP) is 1.49. The van der Waals surface area contributed by atoms with Crippen LogP contribution >= 0.6 is 0 Å². The molecule has 0 radical (unpaired) electrons. The lowest BCUT2D eigenvalue weighted by molar-refractivity contribution is -0.118. The van der Waals surface area contributed by atoms with Crippen molar-refractivity contribution in [2.45, 2.75) is 19.4 Å². The first-order chi connectivity index (χ1) is 8.54. The van der Waals surface area contributed by atoms with Crippen molar-refractivity contribution in [2.75, 3.05) is 11.1 Å². The largest absolute Gasteiger partial charge is 0.399 e. The fraction of sp³-hybridized carbons (Fsp3) is 0.231. The molecule has 5 nitrogen and oxygen atoms in total. The summed E-state index contributed by atoms with van der Waals surface area (Å²) in [5, 5.41) is 4.13. The molecule has 2 aromatic rings. The van der Waals surface area contributed by atoms with Gasteiger partial charge in [0, 0.05) is 23.5 Å². The third kappa shape index (κ3) is 2.88. The van der Waals surface area contributed by atoms with Crippen LogP contribution in [0, 0.1) is 0 Å². The molecule has 0 saturated heterocycles. The second kappa shape index (κ2) is 4.91. The minimum Gasteiger partial charge on any atom is -0.399 e. The van der Waals surface area contributed by atoms with Crippen molar-refractivity contribution in [2.24, 2.45) is 5.73 Å². The third-order valence-electron chi connectivity index (χ3n) is 2.61. The Bertz CT molecular complexity index is 582. The highest BCUT2D eigenvalue weighted by molar-refractivity contribution is 5.83. The zero-order valence-corrected chi connectivity index (χ0v) is 10.2. The summed E-state index contributed by atoms with van der Waals surface area (Å²) in [6.07, 6.45) is 0.279. The summed E-state index contributed by atoms with van der Waals surface area (Å²) in [4.78, 5) is 15.2. The van der Waals surface area contributed by atoms with Gasteiger partial charge in [0.05, 0.1) is 5.52 Å². The van der Waals surface area contributed by atoms with Crippen molar-refractivity contribution in [1.29, 1.82) is 0 Å². The molecule has 0 aliphatic carbocycles. The number of amides is 1. The lowest BCUT2D eigenvalue weighted by atomic mass is 10.2. The number of nitrogens with one attached hydrogen (secondary N) is 1. The molecule has 1 heterocycles. The number of hydrogen-bond donors (Lipinski definition) is 3. The summed E-state index contributed by atoms with van der Waals surface area (Å²) in [5.41, 5.74) is 12.4. The number of nitrogens with zero attached hydrogens (tertiary/aromatic N) is 1. The smallest absolute Gasteiger partial charge is 0.219 e. The number of carbonyl (C=O) groups excluding carboxylic acids is 1. The molecule has 5 heteroatoms. The third-order valence-corrected chi connectivity index (χ3v) is 2.61. The van der Waals surface area contributed by atoms with Crippen LogP contribution in [-0.2, 0) is 4.79 Å². The number of benzene rings is 1. The maximum absolute atomic E-state index is 10.8. The second-order valence-corrected chi connectivity index (χ2v) is 4.36. The Morgan fingerprint density at radius 1 is 1.39 bits per heavy atom. The van der Waals surface area contributed by atoms with Crippen molar-refractivity contribution in [3.8, 4) is 0 Å². The number of carbonyl (C=O) groups is 1. The molecule has 0 bridgehead atoms. The zero-order chi connectivity index (χ0) is 13.1. The molecule has 1 atom stereocenters. The van der Waals surface area contributed by atoms with Crippen LogP contribution < -0.4 is 16.8 Å². The van der Waals surface area contributed by atoms with Gasteiger partial charge in [-0.15, -0.1) is 0 Å². The summed E-state index contributed by atoms with van der Waals surface area (Å²) >= 11 is 0. The van der Waals surface area contributed by atoms with E-state index in [-0.39, 0.29) is 18.4 Å². The normalized spacial score (nSPS) is 12.3. The zero-order valence-electron chi connectivity index (χ0n) is 10.2. The lowest BCUT2D eigenvalue weighted by Gasteiger charge is -2.13. The molecule has 0 saturated carbocycles. The van der Waals surface area contributed by atoms with E-state index in [1.165, 1.54) is 0 Å². The molecular formula is C13H16N4O. The molecule has 1 unspecified atom stereocenters. The second-order valence-electron chi connectivity index (χ2n) is 4.36. The van der Waals surface area contributed by atoms with Crippen LogP contribution in [0.2, 0.25) is 0 Å². The van der Waals surface area contributed by atoms with Crippen LogP contribution in [0.1, 0.15) is 13.3 Å². The minimum absolute atomic E-state index is 0.0405. The van der Waals surface area contributed by atoms with Gasteiger partial charge in [-0.3, -0.25) is 4.79 Å². The monoisotopic (exact) mass is 244 g/mol. The predicted molar refractivity (Wildman–Crippen MR) is 73.1 cm³/mol. The van der Waals surface area contributed by atoms with E-state index in [2.05, 4.69) is 10.3 Å². The lowest BCUT2D eigenvalue weighted by Crippen LogP contribution is -2.24. The topological polar surface area (TPSA) is 94.0 Å². The van der Waals surface area contributed by atoms with Gasteiger partial charge in [0.1, 0.15) is 5.82 Å². The average Bonchev–Trinajstić information content (AvgIpc) is 2.28. The molecule has 94 valence electrons. The Morgan fingerprint density at radius 3 is 2.89 bits per heavy atom. The molecule has 0 aliphatic heterocycles. The number of hydrogen-bond acceptors (Lipinski definition) is 4. The van der Waals surface area contributed by atoms with Crippen LogP contribution in [0.4, 0.5) is 11.5 Å². The number of nitrogens with two attached hydrogens (primary N) is 2. The number of pyridine rings is 1. The van der Waals surface area contributed by atoms with Gasteiger partial charge in [-0.25, -0.2) is 4.98 Å². The van der Waals surface area contributed by atoms with E-state index in [4.69, 9.17) is 11.5 Å². The molecular weight excluding hydrogens is 228 g/mol. The molecule has 0 fully saturated rings. The Kier molecular flexibility index (Phi) is 3.32. The van der Waals surface area contributed by atoms with Crippen LogP contribution in [0.15, 0.2) is 30.3 Å². The Hall–Kier alpha value is -2.30. The van der Waals surface area contributed by atoms with Crippen LogP contribution in [0.25, 0.3) is 10.9 Å². The van der Waals surface area contributed by atoms with Gasteiger partial charge in [-0.2, -0.15) is 0 Å². The van der Waals surface area contributed by atoms with Crippen molar-refractivity contribution < 1.29 is 4.79 Å². The average molecular weight is 244 g/mol. The maximum atomic E-state index is 10.8. The van der Waals surface area contributed by atoms with E-state index in [9.17, 15) is 4.79 Å². The van der Waals surface area contributed by atoms with Crippen molar-refractivity contribution in [3.05, 3.63) is 30.3 Å². The van der Waals surface area contributed by atoms with Crippen LogP contribution in [0.3, 0.4) is 0 Å². The summed E-state index contributed by atoms with van der Waals surface area (Å²) in [5.74, 6) is 0.393. The summed E-state index contributed by atoms with van der Waals surface area (Å²) < 4.78 is 0. The molecule has 0 spiro atoms.